The Labute approximate surface area is 94.4 Å². The molecule has 0 saturated heterocycles. The Morgan fingerprint density at radius 3 is 2.07 bits per heavy atom. The maximum atomic E-state index is 10.8. The SMILES string of the molecule is C[CH]CCCCCCCCCC(=O)OC. The third-order valence-electron chi connectivity index (χ3n) is 2.60. The molecule has 0 aliphatic rings. The van der Waals surface area contributed by atoms with Gasteiger partial charge in [0, 0.05) is 6.42 Å². The van der Waals surface area contributed by atoms with Crippen LogP contribution in [0.1, 0.15) is 64.7 Å². The molecule has 0 saturated carbocycles. The molecular weight excluding hydrogens is 188 g/mol. The highest BCUT2D eigenvalue weighted by Crippen LogP contribution is 2.10. The first-order valence-electron chi connectivity index (χ1n) is 6.16. The molecule has 0 atom stereocenters. The molecule has 0 fully saturated rings. The van der Waals surface area contributed by atoms with Crippen molar-refractivity contribution in [3.63, 3.8) is 0 Å². The summed E-state index contributed by atoms with van der Waals surface area (Å²) in [4.78, 5) is 10.8. The molecule has 0 aromatic rings. The van der Waals surface area contributed by atoms with Crippen molar-refractivity contribution >= 4 is 5.97 Å². The van der Waals surface area contributed by atoms with Crippen LogP contribution in [0.15, 0.2) is 0 Å². The molecule has 0 aliphatic carbocycles. The Morgan fingerprint density at radius 2 is 1.53 bits per heavy atom. The van der Waals surface area contributed by atoms with E-state index in [2.05, 4.69) is 18.1 Å². The summed E-state index contributed by atoms with van der Waals surface area (Å²) in [5, 5.41) is 0. The maximum Gasteiger partial charge on any atom is 0.305 e. The van der Waals surface area contributed by atoms with Crippen molar-refractivity contribution < 1.29 is 9.53 Å². The van der Waals surface area contributed by atoms with Crippen molar-refractivity contribution in [2.24, 2.45) is 0 Å². The quantitative estimate of drug-likeness (QED) is 0.406. The van der Waals surface area contributed by atoms with E-state index in [0.29, 0.717) is 6.42 Å². The van der Waals surface area contributed by atoms with E-state index in [0.717, 1.165) is 12.8 Å². The zero-order valence-electron chi connectivity index (χ0n) is 10.3. The van der Waals surface area contributed by atoms with Gasteiger partial charge < -0.3 is 4.74 Å². The Balaban J connectivity index is 2.95. The average molecular weight is 213 g/mol. The molecule has 0 unspecified atom stereocenters. The highest BCUT2D eigenvalue weighted by Gasteiger charge is 1.98. The minimum atomic E-state index is -0.0755. The van der Waals surface area contributed by atoms with Gasteiger partial charge in [-0.2, -0.15) is 0 Å². The normalized spacial score (nSPS) is 10.3. The molecule has 0 aliphatic heterocycles. The van der Waals surface area contributed by atoms with Gasteiger partial charge in [-0.15, -0.1) is 0 Å². The van der Waals surface area contributed by atoms with Crippen molar-refractivity contribution in [3.05, 3.63) is 6.42 Å². The lowest BCUT2D eigenvalue weighted by Crippen LogP contribution is -1.99. The fraction of sp³-hybridized carbons (Fsp3) is 0.846. The van der Waals surface area contributed by atoms with Gasteiger partial charge in [0.15, 0.2) is 0 Å². The molecule has 0 N–H and O–H groups in total. The average Bonchev–Trinajstić information content (AvgIpc) is 2.26. The topological polar surface area (TPSA) is 26.3 Å². The lowest BCUT2D eigenvalue weighted by Gasteiger charge is -2.01. The van der Waals surface area contributed by atoms with Gasteiger partial charge in [0.05, 0.1) is 7.11 Å². The molecule has 0 heterocycles. The third-order valence-corrected chi connectivity index (χ3v) is 2.60. The second-order valence-corrected chi connectivity index (χ2v) is 4.00. The van der Waals surface area contributed by atoms with Gasteiger partial charge in [-0.05, 0) is 12.8 Å². The molecule has 0 aromatic carbocycles. The summed E-state index contributed by atoms with van der Waals surface area (Å²) in [7, 11) is 1.45. The van der Waals surface area contributed by atoms with Crippen LogP contribution in [0, 0.1) is 6.42 Å². The van der Waals surface area contributed by atoms with Crippen LogP contribution in [0.2, 0.25) is 0 Å². The van der Waals surface area contributed by atoms with Gasteiger partial charge in [-0.25, -0.2) is 0 Å². The summed E-state index contributed by atoms with van der Waals surface area (Å²) in [6.45, 7) is 2.12. The van der Waals surface area contributed by atoms with Crippen LogP contribution in [0.3, 0.4) is 0 Å². The summed E-state index contributed by atoms with van der Waals surface area (Å²) in [5.74, 6) is -0.0755. The van der Waals surface area contributed by atoms with E-state index < -0.39 is 0 Å². The van der Waals surface area contributed by atoms with Crippen molar-refractivity contribution in [1.29, 1.82) is 0 Å². The van der Waals surface area contributed by atoms with E-state index in [4.69, 9.17) is 0 Å². The van der Waals surface area contributed by atoms with E-state index in [1.807, 2.05) is 0 Å². The van der Waals surface area contributed by atoms with E-state index in [1.165, 1.54) is 45.6 Å². The fourth-order valence-electron chi connectivity index (χ4n) is 1.60. The van der Waals surface area contributed by atoms with Gasteiger partial charge in [-0.3, -0.25) is 4.79 Å². The summed E-state index contributed by atoms with van der Waals surface area (Å²) in [6.07, 6.45) is 12.8. The summed E-state index contributed by atoms with van der Waals surface area (Å²) < 4.78 is 4.58. The summed E-state index contributed by atoms with van der Waals surface area (Å²) in [6, 6.07) is 0. The largest absolute Gasteiger partial charge is 0.469 e. The number of ether oxygens (including phenoxy) is 1. The molecule has 0 bridgehead atoms. The van der Waals surface area contributed by atoms with E-state index in [-0.39, 0.29) is 5.97 Å². The Bertz CT molecular complexity index is 143. The first-order chi connectivity index (χ1) is 7.31. The number of hydrogen-bond donors (Lipinski definition) is 0. The first kappa shape index (κ1) is 14.5. The summed E-state index contributed by atoms with van der Waals surface area (Å²) in [5.41, 5.74) is 0. The fourth-order valence-corrected chi connectivity index (χ4v) is 1.60. The van der Waals surface area contributed by atoms with Crippen molar-refractivity contribution in [1.82, 2.24) is 0 Å². The second-order valence-electron chi connectivity index (χ2n) is 4.00. The van der Waals surface area contributed by atoms with Crippen LogP contribution in [0.4, 0.5) is 0 Å². The first-order valence-corrected chi connectivity index (χ1v) is 6.16. The highest BCUT2D eigenvalue weighted by atomic mass is 16.5. The Hall–Kier alpha value is -0.530. The number of carbonyl (C=O) groups excluding carboxylic acids is 1. The van der Waals surface area contributed by atoms with Crippen LogP contribution in [0.25, 0.3) is 0 Å². The molecule has 89 valence electrons. The van der Waals surface area contributed by atoms with Gasteiger partial charge in [0.1, 0.15) is 0 Å². The number of methoxy groups -OCH3 is 1. The number of unbranched alkanes of at least 4 members (excludes halogenated alkanes) is 8. The predicted octanol–water partition coefficient (Wildman–Crippen LogP) is 3.89. The van der Waals surface area contributed by atoms with E-state index in [9.17, 15) is 4.79 Å². The minimum absolute atomic E-state index is 0.0755. The van der Waals surface area contributed by atoms with Crippen LogP contribution in [-0.4, -0.2) is 13.1 Å². The standard InChI is InChI=1S/C13H25O2/c1-3-4-5-6-7-8-9-10-11-12-13(14)15-2/h3H,4-12H2,1-2H3. The molecular formula is C13H25O2. The van der Waals surface area contributed by atoms with Gasteiger partial charge >= 0.3 is 5.97 Å². The third kappa shape index (κ3) is 11.4. The molecule has 15 heavy (non-hydrogen) atoms. The molecule has 0 amide bonds. The monoisotopic (exact) mass is 213 g/mol. The predicted molar refractivity (Wildman–Crippen MR) is 63.5 cm³/mol. The number of rotatable bonds is 10. The molecule has 2 heteroatoms. The Kier molecular flexibility index (Phi) is 11.1. The molecule has 0 spiro atoms. The van der Waals surface area contributed by atoms with Crippen LogP contribution in [0.5, 0.6) is 0 Å². The smallest absolute Gasteiger partial charge is 0.305 e. The van der Waals surface area contributed by atoms with Crippen LogP contribution < -0.4 is 0 Å². The van der Waals surface area contributed by atoms with Gasteiger partial charge in [-0.1, -0.05) is 51.9 Å². The van der Waals surface area contributed by atoms with Crippen molar-refractivity contribution in [2.75, 3.05) is 7.11 Å². The number of carbonyl (C=O) groups is 1. The van der Waals surface area contributed by atoms with Crippen molar-refractivity contribution in [2.45, 2.75) is 64.7 Å². The maximum absolute atomic E-state index is 10.8. The minimum Gasteiger partial charge on any atom is -0.469 e. The summed E-state index contributed by atoms with van der Waals surface area (Å²) >= 11 is 0. The lowest BCUT2D eigenvalue weighted by atomic mass is 10.1. The number of esters is 1. The second kappa shape index (κ2) is 11.5. The highest BCUT2D eigenvalue weighted by molar-refractivity contribution is 5.68. The zero-order chi connectivity index (χ0) is 11.4. The lowest BCUT2D eigenvalue weighted by molar-refractivity contribution is -0.140. The molecule has 2 nitrogen and oxygen atoms in total. The van der Waals surface area contributed by atoms with Gasteiger partial charge in [0.2, 0.25) is 0 Å². The van der Waals surface area contributed by atoms with Crippen LogP contribution in [-0.2, 0) is 9.53 Å². The van der Waals surface area contributed by atoms with E-state index in [1.54, 1.807) is 0 Å². The molecule has 1 radical (unpaired) electrons. The van der Waals surface area contributed by atoms with Crippen molar-refractivity contribution in [3.8, 4) is 0 Å². The van der Waals surface area contributed by atoms with Gasteiger partial charge in [0.25, 0.3) is 0 Å². The molecule has 0 rings (SSSR count). The van der Waals surface area contributed by atoms with E-state index >= 15 is 0 Å². The zero-order valence-corrected chi connectivity index (χ0v) is 10.3. The Morgan fingerprint density at radius 1 is 1.00 bits per heavy atom. The molecule has 0 aromatic heterocycles. The number of hydrogen-bond acceptors (Lipinski definition) is 2. The van der Waals surface area contributed by atoms with Crippen LogP contribution >= 0.6 is 0 Å².